The third kappa shape index (κ3) is 5.11. The van der Waals surface area contributed by atoms with Crippen LogP contribution in [0, 0.1) is 5.92 Å². The van der Waals surface area contributed by atoms with Crippen molar-refractivity contribution in [1.82, 2.24) is 10.2 Å². The summed E-state index contributed by atoms with van der Waals surface area (Å²) in [5.74, 6) is 0.130. The smallest absolute Gasteiger partial charge is 0.222 e. The van der Waals surface area contributed by atoms with E-state index in [0.717, 1.165) is 25.2 Å². The van der Waals surface area contributed by atoms with Crippen LogP contribution >= 0.6 is 0 Å². The Morgan fingerprint density at radius 2 is 1.73 bits per heavy atom. The van der Waals surface area contributed by atoms with Crippen LogP contribution < -0.4 is 5.32 Å². The quantitative estimate of drug-likeness (QED) is 0.909. The molecule has 0 unspecified atom stereocenters. The molecule has 0 aliphatic carbocycles. The largest absolute Gasteiger partial charge is 0.373 e. The van der Waals surface area contributed by atoms with E-state index in [2.05, 4.69) is 48.3 Å². The first-order chi connectivity index (χ1) is 10.4. The van der Waals surface area contributed by atoms with Gasteiger partial charge in [-0.3, -0.25) is 9.69 Å². The molecule has 4 heteroatoms. The van der Waals surface area contributed by atoms with Crippen molar-refractivity contribution in [2.45, 2.75) is 53.0 Å². The molecular weight excluding hydrogens is 276 g/mol. The average molecular weight is 304 g/mol. The molecule has 22 heavy (non-hydrogen) atoms. The summed E-state index contributed by atoms with van der Waals surface area (Å²) in [4.78, 5) is 14.0. The number of hydrogen-bond acceptors (Lipinski definition) is 3. The van der Waals surface area contributed by atoms with Gasteiger partial charge in [0.2, 0.25) is 5.91 Å². The molecule has 0 saturated carbocycles. The number of benzene rings is 1. The molecule has 0 radical (unpaired) electrons. The fourth-order valence-electron chi connectivity index (χ4n) is 2.83. The summed E-state index contributed by atoms with van der Waals surface area (Å²) in [6.45, 7) is 11.6. The van der Waals surface area contributed by atoms with E-state index in [1.54, 1.807) is 0 Å². The molecule has 2 rings (SSSR count). The van der Waals surface area contributed by atoms with E-state index in [1.807, 2.05) is 13.8 Å². The first kappa shape index (κ1) is 17.0. The van der Waals surface area contributed by atoms with Crippen molar-refractivity contribution in [3.05, 3.63) is 35.4 Å². The molecule has 1 saturated heterocycles. The second-order valence-electron chi connectivity index (χ2n) is 6.64. The predicted octanol–water partition coefficient (Wildman–Crippen LogP) is 2.57. The molecule has 1 aromatic rings. The summed E-state index contributed by atoms with van der Waals surface area (Å²) < 4.78 is 5.76. The van der Waals surface area contributed by atoms with Gasteiger partial charge in [-0.2, -0.15) is 0 Å². The zero-order chi connectivity index (χ0) is 16.1. The van der Waals surface area contributed by atoms with Crippen LogP contribution in [0.1, 0.15) is 38.8 Å². The summed E-state index contributed by atoms with van der Waals surface area (Å²) in [5, 5.41) is 2.94. The monoisotopic (exact) mass is 304 g/mol. The molecule has 1 heterocycles. The Bertz CT molecular complexity index is 474. The van der Waals surface area contributed by atoms with Crippen molar-refractivity contribution in [2.24, 2.45) is 5.92 Å². The summed E-state index contributed by atoms with van der Waals surface area (Å²) in [6, 6.07) is 8.51. The molecule has 0 spiro atoms. The second-order valence-corrected chi connectivity index (χ2v) is 6.64. The molecule has 0 bridgehead atoms. The van der Waals surface area contributed by atoms with Gasteiger partial charge in [-0.1, -0.05) is 38.1 Å². The van der Waals surface area contributed by atoms with Crippen molar-refractivity contribution in [3.8, 4) is 0 Å². The minimum atomic E-state index is 0.0320. The van der Waals surface area contributed by atoms with Gasteiger partial charge in [-0.15, -0.1) is 0 Å². The van der Waals surface area contributed by atoms with Gasteiger partial charge in [-0.05, 0) is 25.0 Å². The van der Waals surface area contributed by atoms with Crippen molar-refractivity contribution >= 4 is 5.91 Å². The standard InChI is InChI=1S/C18H28N2O2/c1-13(2)18(21)19-9-16-5-7-17(8-6-16)12-20-10-14(3)22-15(4)11-20/h5-8,13-15H,9-12H2,1-4H3,(H,19,21)/t14-,15+. The molecule has 1 fully saturated rings. The highest BCUT2D eigenvalue weighted by Crippen LogP contribution is 2.14. The van der Waals surface area contributed by atoms with Crippen LogP contribution in [-0.4, -0.2) is 36.1 Å². The Morgan fingerprint density at radius 3 is 2.27 bits per heavy atom. The van der Waals surface area contributed by atoms with Crippen LogP contribution in [0.4, 0.5) is 0 Å². The van der Waals surface area contributed by atoms with E-state index in [1.165, 1.54) is 5.56 Å². The number of morpholine rings is 1. The Labute approximate surface area is 133 Å². The molecule has 4 nitrogen and oxygen atoms in total. The van der Waals surface area contributed by atoms with Gasteiger partial charge in [0.05, 0.1) is 12.2 Å². The number of carbonyl (C=O) groups excluding carboxylic acids is 1. The third-order valence-electron chi connectivity index (χ3n) is 3.92. The molecule has 1 aliphatic rings. The van der Waals surface area contributed by atoms with Crippen LogP contribution in [0.25, 0.3) is 0 Å². The Balaban J connectivity index is 1.85. The van der Waals surface area contributed by atoms with Gasteiger partial charge in [0.15, 0.2) is 0 Å². The number of nitrogens with one attached hydrogen (secondary N) is 1. The zero-order valence-electron chi connectivity index (χ0n) is 14.1. The number of hydrogen-bond donors (Lipinski definition) is 1. The van der Waals surface area contributed by atoms with Crippen LogP contribution in [0.5, 0.6) is 0 Å². The average Bonchev–Trinajstić information content (AvgIpc) is 2.45. The second kappa shape index (κ2) is 7.75. The predicted molar refractivity (Wildman–Crippen MR) is 88.4 cm³/mol. The van der Waals surface area contributed by atoms with E-state index in [9.17, 15) is 4.79 Å². The number of rotatable bonds is 5. The van der Waals surface area contributed by atoms with Gasteiger partial charge in [0.25, 0.3) is 0 Å². The van der Waals surface area contributed by atoms with Crippen molar-refractivity contribution in [3.63, 3.8) is 0 Å². The maximum atomic E-state index is 11.6. The Kier molecular flexibility index (Phi) is 5.98. The fraction of sp³-hybridized carbons (Fsp3) is 0.611. The number of amides is 1. The van der Waals surface area contributed by atoms with Gasteiger partial charge < -0.3 is 10.1 Å². The molecule has 122 valence electrons. The van der Waals surface area contributed by atoms with Crippen LogP contribution in [0.3, 0.4) is 0 Å². The van der Waals surface area contributed by atoms with E-state index >= 15 is 0 Å². The number of ether oxygens (including phenoxy) is 1. The molecule has 1 aliphatic heterocycles. The normalized spacial score (nSPS) is 22.8. The van der Waals surface area contributed by atoms with Gasteiger partial charge >= 0.3 is 0 Å². The minimum absolute atomic E-state index is 0.0320. The highest BCUT2D eigenvalue weighted by molar-refractivity contribution is 5.77. The van der Waals surface area contributed by atoms with Gasteiger partial charge in [-0.25, -0.2) is 0 Å². The van der Waals surface area contributed by atoms with E-state index < -0.39 is 0 Å². The lowest BCUT2D eigenvalue weighted by atomic mass is 10.1. The summed E-state index contributed by atoms with van der Waals surface area (Å²) in [5.41, 5.74) is 2.45. The lowest BCUT2D eigenvalue weighted by molar-refractivity contribution is -0.124. The molecule has 0 aromatic heterocycles. The highest BCUT2D eigenvalue weighted by atomic mass is 16.5. The zero-order valence-corrected chi connectivity index (χ0v) is 14.1. The van der Waals surface area contributed by atoms with Crippen LogP contribution in [-0.2, 0) is 22.6 Å². The molecule has 1 aromatic carbocycles. The number of carbonyl (C=O) groups is 1. The maximum absolute atomic E-state index is 11.6. The first-order valence-electron chi connectivity index (χ1n) is 8.17. The fourth-order valence-corrected chi connectivity index (χ4v) is 2.83. The number of nitrogens with zero attached hydrogens (tertiary/aromatic N) is 1. The summed E-state index contributed by atoms with van der Waals surface area (Å²) in [7, 11) is 0. The van der Waals surface area contributed by atoms with Crippen molar-refractivity contribution in [2.75, 3.05) is 13.1 Å². The topological polar surface area (TPSA) is 41.6 Å². The minimum Gasteiger partial charge on any atom is -0.373 e. The summed E-state index contributed by atoms with van der Waals surface area (Å²) >= 11 is 0. The molecule has 2 atom stereocenters. The maximum Gasteiger partial charge on any atom is 0.222 e. The van der Waals surface area contributed by atoms with Crippen LogP contribution in [0.2, 0.25) is 0 Å². The van der Waals surface area contributed by atoms with Crippen LogP contribution in [0.15, 0.2) is 24.3 Å². The molecule has 1 N–H and O–H groups in total. The van der Waals surface area contributed by atoms with Gasteiger partial charge in [0, 0.05) is 32.1 Å². The molecule has 1 amide bonds. The highest BCUT2D eigenvalue weighted by Gasteiger charge is 2.21. The van der Waals surface area contributed by atoms with E-state index in [4.69, 9.17) is 4.74 Å². The van der Waals surface area contributed by atoms with Gasteiger partial charge in [0.1, 0.15) is 0 Å². The molecular formula is C18H28N2O2. The van der Waals surface area contributed by atoms with E-state index in [0.29, 0.717) is 18.8 Å². The Morgan fingerprint density at radius 1 is 1.18 bits per heavy atom. The lowest BCUT2D eigenvalue weighted by Gasteiger charge is -2.35. The Hall–Kier alpha value is -1.39. The first-order valence-corrected chi connectivity index (χ1v) is 8.17. The van der Waals surface area contributed by atoms with Crippen molar-refractivity contribution < 1.29 is 9.53 Å². The SMILES string of the molecule is CC(C)C(=O)NCc1ccc(CN2C[C@@H](C)O[C@@H](C)C2)cc1. The van der Waals surface area contributed by atoms with Crippen molar-refractivity contribution in [1.29, 1.82) is 0 Å². The lowest BCUT2D eigenvalue weighted by Crippen LogP contribution is -2.44. The third-order valence-corrected chi connectivity index (χ3v) is 3.92. The van der Waals surface area contributed by atoms with E-state index in [-0.39, 0.29) is 11.8 Å². The summed E-state index contributed by atoms with van der Waals surface area (Å²) in [6.07, 6.45) is 0.600.